The van der Waals surface area contributed by atoms with Crippen molar-refractivity contribution < 1.29 is 9.53 Å². The van der Waals surface area contributed by atoms with Crippen LogP contribution in [-0.4, -0.2) is 17.1 Å². The lowest BCUT2D eigenvalue weighted by atomic mass is 10.2. The molecule has 1 N–H and O–H groups in total. The van der Waals surface area contributed by atoms with Crippen LogP contribution >= 0.6 is 15.9 Å². The van der Waals surface area contributed by atoms with Crippen molar-refractivity contribution in [3.05, 3.63) is 69.4 Å². The molecule has 0 saturated heterocycles. The fraction of sp³-hybridized carbons (Fsp3) is 0.158. The van der Waals surface area contributed by atoms with E-state index in [-0.39, 0.29) is 17.9 Å². The molecule has 0 aliphatic rings. The third kappa shape index (κ3) is 4.09. The van der Waals surface area contributed by atoms with Crippen LogP contribution in [0.15, 0.2) is 64.0 Å². The van der Waals surface area contributed by atoms with E-state index in [4.69, 9.17) is 4.74 Å². The molecule has 0 radical (unpaired) electrons. The van der Waals surface area contributed by atoms with E-state index in [1.807, 2.05) is 31.2 Å². The molecule has 0 aliphatic heterocycles. The number of carbonyl (C=O) groups excluding carboxylic acids is 1. The number of nitrogens with zero attached hydrogens (tertiary/aromatic N) is 1. The molecule has 0 fully saturated rings. The zero-order valence-electron chi connectivity index (χ0n) is 13.7. The van der Waals surface area contributed by atoms with Gasteiger partial charge in [0.2, 0.25) is 5.91 Å². The normalized spacial score (nSPS) is 10.6. The van der Waals surface area contributed by atoms with Gasteiger partial charge in [0.15, 0.2) is 5.43 Å². The monoisotopic (exact) mass is 400 g/mol. The van der Waals surface area contributed by atoms with Gasteiger partial charge in [0.05, 0.1) is 12.1 Å². The number of fused-ring (bicyclic) bond motifs is 1. The summed E-state index contributed by atoms with van der Waals surface area (Å²) in [6.07, 6.45) is 1.64. The van der Waals surface area contributed by atoms with Crippen molar-refractivity contribution in [3.8, 4) is 5.75 Å². The molecule has 6 heteroatoms. The first-order valence-electron chi connectivity index (χ1n) is 7.88. The van der Waals surface area contributed by atoms with Gasteiger partial charge >= 0.3 is 0 Å². The Balaban J connectivity index is 1.78. The lowest BCUT2D eigenvalue weighted by Gasteiger charge is -2.12. The molecule has 0 unspecified atom stereocenters. The first-order valence-corrected chi connectivity index (χ1v) is 8.67. The number of hydrogen-bond donors (Lipinski definition) is 1. The average Bonchev–Trinajstić information content (AvgIpc) is 2.59. The van der Waals surface area contributed by atoms with Gasteiger partial charge in [0, 0.05) is 27.8 Å². The minimum absolute atomic E-state index is 0.0699. The zero-order chi connectivity index (χ0) is 17.8. The van der Waals surface area contributed by atoms with E-state index in [2.05, 4.69) is 21.2 Å². The highest BCUT2D eigenvalue weighted by Gasteiger charge is 2.08. The predicted molar refractivity (Wildman–Crippen MR) is 102 cm³/mol. The summed E-state index contributed by atoms with van der Waals surface area (Å²) >= 11 is 3.37. The highest BCUT2D eigenvalue weighted by Crippen LogP contribution is 2.18. The van der Waals surface area contributed by atoms with Gasteiger partial charge in [-0.25, -0.2) is 0 Å². The second kappa shape index (κ2) is 7.53. The maximum atomic E-state index is 12.3. The number of aromatic nitrogens is 1. The molecule has 0 spiro atoms. The van der Waals surface area contributed by atoms with Crippen molar-refractivity contribution in [2.24, 2.45) is 0 Å². The number of carbonyl (C=O) groups is 1. The molecule has 2 aromatic carbocycles. The maximum absolute atomic E-state index is 12.3. The highest BCUT2D eigenvalue weighted by molar-refractivity contribution is 9.10. The van der Waals surface area contributed by atoms with E-state index < -0.39 is 0 Å². The van der Waals surface area contributed by atoms with Crippen LogP contribution in [0.2, 0.25) is 0 Å². The lowest BCUT2D eigenvalue weighted by molar-refractivity contribution is -0.116. The standard InChI is InChI=1S/C19H17BrN2O3/c1-2-25-15-6-4-14(5-7-15)21-19(24)12-22-10-9-18(23)16-11-13(20)3-8-17(16)22/h3-11H,2,12H2,1H3,(H,21,24). The maximum Gasteiger partial charge on any atom is 0.244 e. The molecule has 3 rings (SSSR count). The van der Waals surface area contributed by atoms with Crippen LogP contribution < -0.4 is 15.5 Å². The van der Waals surface area contributed by atoms with Crippen LogP contribution in [0.4, 0.5) is 5.69 Å². The molecule has 3 aromatic rings. The van der Waals surface area contributed by atoms with Gasteiger partial charge in [-0.3, -0.25) is 9.59 Å². The van der Waals surface area contributed by atoms with E-state index in [0.29, 0.717) is 17.7 Å². The van der Waals surface area contributed by atoms with E-state index in [0.717, 1.165) is 15.7 Å². The van der Waals surface area contributed by atoms with Gasteiger partial charge in [0.1, 0.15) is 12.3 Å². The molecule has 0 saturated carbocycles. The van der Waals surface area contributed by atoms with Gasteiger partial charge in [-0.05, 0) is 49.4 Å². The van der Waals surface area contributed by atoms with Crippen LogP contribution in [0.5, 0.6) is 5.75 Å². The zero-order valence-corrected chi connectivity index (χ0v) is 15.2. The first kappa shape index (κ1) is 17.2. The molecule has 128 valence electrons. The van der Waals surface area contributed by atoms with E-state index in [1.165, 1.54) is 6.07 Å². The van der Waals surface area contributed by atoms with Gasteiger partial charge in [-0.15, -0.1) is 0 Å². The van der Waals surface area contributed by atoms with Crippen molar-refractivity contribution in [2.75, 3.05) is 11.9 Å². The summed E-state index contributed by atoms with van der Waals surface area (Å²) in [6.45, 7) is 2.63. The number of ether oxygens (including phenoxy) is 1. The molecule has 0 atom stereocenters. The Bertz CT molecular complexity index is 965. The minimum Gasteiger partial charge on any atom is -0.494 e. The molecule has 5 nitrogen and oxygen atoms in total. The van der Waals surface area contributed by atoms with Crippen LogP contribution in [0.25, 0.3) is 10.9 Å². The van der Waals surface area contributed by atoms with Crippen molar-refractivity contribution in [3.63, 3.8) is 0 Å². The lowest BCUT2D eigenvalue weighted by Crippen LogP contribution is -2.20. The number of anilines is 1. The van der Waals surface area contributed by atoms with E-state index >= 15 is 0 Å². The number of rotatable bonds is 5. The first-order chi connectivity index (χ1) is 12.1. The second-order valence-corrected chi connectivity index (χ2v) is 6.39. The highest BCUT2D eigenvalue weighted by atomic mass is 79.9. The van der Waals surface area contributed by atoms with Crippen LogP contribution in [-0.2, 0) is 11.3 Å². The second-order valence-electron chi connectivity index (χ2n) is 5.47. The summed E-state index contributed by atoms with van der Waals surface area (Å²) in [5, 5.41) is 3.42. The molecule has 1 amide bonds. The number of hydrogen-bond acceptors (Lipinski definition) is 3. The van der Waals surface area contributed by atoms with Gasteiger partial charge in [0.25, 0.3) is 0 Å². The molecule has 1 aromatic heterocycles. The Morgan fingerprint density at radius 1 is 1.16 bits per heavy atom. The van der Waals surface area contributed by atoms with Gasteiger partial charge in [-0.1, -0.05) is 15.9 Å². The molecule has 1 heterocycles. The average molecular weight is 401 g/mol. The SMILES string of the molecule is CCOc1ccc(NC(=O)Cn2ccc(=O)c3cc(Br)ccc32)cc1. The smallest absolute Gasteiger partial charge is 0.244 e. The number of benzene rings is 2. The molecule has 0 bridgehead atoms. The minimum atomic E-state index is -0.169. The van der Waals surface area contributed by atoms with Crippen molar-refractivity contribution in [1.82, 2.24) is 4.57 Å². The number of nitrogens with one attached hydrogen (secondary N) is 1. The fourth-order valence-electron chi connectivity index (χ4n) is 2.58. The summed E-state index contributed by atoms with van der Waals surface area (Å²) in [5.41, 5.74) is 1.35. The quantitative estimate of drug-likeness (QED) is 0.708. The van der Waals surface area contributed by atoms with Crippen molar-refractivity contribution in [2.45, 2.75) is 13.5 Å². The molecule has 25 heavy (non-hydrogen) atoms. The summed E-state index contributed by atoms with van der Waals surface area (Å²) in [6, 6.07) is 14.1. The number of halogens is 1. The topological polar surface area (TPSA) is 60.3 Å². The van der Waals surface area contributed by atoms with Gasteiger partial charge < -0.3 is 14.6 Å². The number of pyridine rings is 1. The third-order valence-electron chi connectivity index (χ3n) is 3.70. The summed E-state index contributed by atoms with van der Waals surface area (Å²) in [5.74, 6) is 0.592. The van der Waals surface area contributed by atoms with Crippen LogP contribution in [0.1, 0.15) is 6.92 Å². The Hall–Kier alpha value is -2.60. The largest absolute Gasteiger partial charge is 0.494 e. The van der Waals surface area contributed by atoms with Crippen molar-refractivity contribution >= 4 is 38.4 Å². The van der Waals surface area contributed by atoms with Crippen LogP contribution in [0, 0.1) is 0 Å². The molecular formula is C19H17BrN2O3. The van der Waals surface area contributed by atoms with E-state index in [9.17, 15) is 9.59 Å². The predicted octanol–water partition coefficient (Wildman–Crippen LogP) is 3.80. The molecular weight excluding hydrogens is 384 g/mol. The van der Waals surface area contributed by atoms with Crippen LogP contribution in [0.3, 0.4) is 0 Å². The summed E-state index contributed by atoms with van der Waals surface area (Å²) < 4.78 is 7.96. The number of amides is 1. The Labute approximate surface area is 153 Å². The Morgan fingerprint density at radius 2 is 1.92 bits per heavy atom. The Morgan fingerprint density at radius 3 is 2.64 bits per heavy atom. The van der Waals surface area contributed by atoms with E-state index in [1.54, 1.807) is 29.0 Å². The summed E-state index contributed by atoms with van der Waals surface area (Å²) in [7, 11) is 0. The fourth-order valence-corrected chi connectivity index (χ4v) is 2.94. The third-order valence-corrected chi connectivity index (χ3v) is 4.20. The van der Waals surface area contributed by atoms with Crippen molar-refractivity contribution in [1.29, 1.82) is 0 Å². The molecule has 0 aliphatic carbocycles. The Kier molecular flexibility index (Phi) is 5.19. The van der Waals surface area contributed by atoms with Gasteiger partial charge in [-0.2, -0.15) is 0 Å². The summed E-state index contributed by atoms with van der Waals surface area (Å²) in [4.78, 5) is 24.3.